The van der Waals surface area contributed by atoms with E-state index in [4.69, 9.17) is 25.2 Å². The Kier molecular flexibility index (Phi) is 23.0. The van der Waals surface area contributed by atoms with Gasteiger partial charge in [0.05, 0.1) is 28.9 Å². The Bertz CT molecular complexity index is 883. The number of ether oxygens (including phenoxy) is 2. The molecule has 2 aromatic carbocycles. The van der Waals surface area contributed by atoms with Gasteiger partial charge in [0.25, 0.3) is 0 Å². The maximum absolute atomic E-state index is 6.26. The molecule has 0 aliphatic rings. The topological polar surface area (TPSA) is 18.5 Å². The van der Waals surface area contributed by atoms with E-state index in [-0.39, 0.29) is 0 Å². The Morgan fingerprint density at radius 2 is 0.818 bits per heavy atom. The molecule has 0 N–H and O–H groups in total. The summed E-state index contributed by atoms with van der Waals surface area (Å²) in [6.07, 6.45) is 28.3. The first kappa shape index (κ1) is 38.4. The summed E-state index contributed by atoms with van der Waals surface area (Å²) in [5, 5.41) is 0. The molecule has 0 aromatic heterocycles. The van der Waals surface area contributed by atoms with Crippen LogP contribution in [0.3, 0.4) is 0 Å². The molecule has 2 rings (SSSR count). The Labute approximate surface area is 275 Å². The molecule has 4 heteroatoms. The van der Waals surface area contributed by atoms with Gasteiger partial charge < -0.3 is 9.47 Å². The van der Waals surface area contributed by atoms with Gasteiger partial charge in [-0.15, -0.1) is 0 Å². The van der Waals surface area contributed by atoms with Crippen molar-refractivity contribution in [2.45, 2.75) is 168 Å². The van der Waals surface area contributed by atoms with E-state index in [0.717, 1.165) is 88.7 Å². The zero-order chi connectivity index (χ0) is 31.5. The quantitative estimate of drug-likeness (QED) is 0.0685. The molecule has 2 aromatic rings. The average molecular weight is 599 g/mol. The zero-order valence-corrected chi connectivity index (χ0v) is 28.8. The smallest absolute Gasteiger partial charge is 0.122 e. The highest BCUT2D eigenvalue weighted by Crippen LogP contribution is 2.27. The third kappa shape index (κ3) is 17.6. The summed E-state index contributed by atoms with van der Waals surface area (Å²) in [6.45, 7) is 6.06. The van der Waals surface area contributed by atoms with Gasteiger partial charge in [0, 0.05) is 0 Å². The summed E-state index contributed by atoms with van der Waals surface area (Å²) >= 11 is 0. The molecule has 0 atom stereocenters. The molecule has 0 saturated heterocycles. The zero-order valence-electron chi connectivity index (χ0n) is 28.8. The van der Waals surface area contributed by atoms with Crippen molar-refractivity contribution in [3.05, 3.63) is 58.7 Å². The van der Waals surface area contributed by atoms with Crippen molar-refractivity contribution in [2.24, 2.45) is 0 Å². The highest BCUT2D eigenvalue weighted by molar-refractivity contribution is 6.08. The minimum absolute atomic E-state index is 0.728. The Morgan fingerprint density at radius 1 is 0.432 bits per heavy atom. The average Bonchev–Trinajstić information content (AvgIpc) is 3.04. The molecule has 2 nitrogen and oxygen atoms in total. The molecule has 0 amide bonds. The third-order valence-electron chi connectivity index (χ3n) is 8.74. The number of aryl methyl sites for hydroxylation is 4. The maximum atomic E-state index is 6.26. The van der Waals surface area contributed by atoms with Crippen LogP contribution >= 0.6 is 0 Å². The van der Waals surface area contributed by atoms with Gasteiger partial charge in [-0.1, -0.05) is 128 Å². The van der Waals surface area contributed by atoms with Crippen LogP contribution in [0, 0.1) is 0 Å². The molecule has 44 heavy (non-hydrogen) atoms. The van der Waals surface area contributed by atoms with Crippen LogP contribution in [-0.2, 0) is 25.7 Å². The van der Waals surface area contributed by atoms with Crippen LogP contribution < -0.4 is 9.47 Å². The summed E-state index contributed by atoms with van der Waals surface area (Å²) < 4.78 is 12.5. The van der Waals surface area contributed by atoms with Crippen molar-refractivity contribution in [2.75, 3.05) is 13.2 Å². The Morgan fingerprint density at radius 3 is 1.23 bits per heavy atom. The predicted molar refractivity (Wildman–Crippen MR) is 194 cm³/mol. The van der Waals surface area contributed by atoms with Crippen LogP contribution in [0.25, 0.3) is 0 Å². The van der Waals surface area contributed by atoms with Crippen LogP contribution in [0.2, 0.25) is 12.6 Å². The van der Waals surface area contributed by atoms with Gasteiger partial charge in [0.1, 0.15) is 11.5 Å². The molecule has 242 valence electrons. The van der Waals surface area contributed by atoms with E-state index in [0.29, 0.717) is 0 Å². The van der Waals surface area contributed by atoms with E-state index in [9.17, 15) is 0 Å². The number of hydrogen-bond donors (Lipinski definition) is 0. The van der Waals surface area contributed by atoms with E-state index in [1.807, 2.05) is 0 Å². The molecule has 0 aliphatic heterocycles. The normalized spacial score (nSPS) is 11.2. The minimum Gasteiger partial charge on any atom is -0.493 e. The summed E-state index contributed by atoms with van der Waals surface area (Å²) in [4.78, 5) is 0. The first-order chi connectivity index (χ1) is 21.7. The van der Waals surface area contributed by atoms with Gasteiger partial charge in [0.2, 0.25) is 0 Å². The molecular formula is C40H64B2O2. The van der Waals surface area contributed by atoms with Gasteiger partial charge in [-0.3, -0.25) is 0 Å². The van der Waals surface area contributed by atoms with Crippen molar-refractivity contribution < 1.29 is 9.47 Å². The lowest BCUT2D eigenvalue weighted by atomic mass is 9.97. The summed E-state index contributed by atoms with van der Waals surface area (Å²) in [5.74, 6) is 2.14. The first-order valence-corrected chi connectivity index (χ1v) is 18.6. The lowest BCUT2D eigenvalue weighted by molar-refractivity contribution is 0.305. The van der Waals surface area contributed by atoms with Crippen molar-refractivity contribution in [1.29, 1.82) is 0 Å². The standard InChI is InChI=1S/C40H64B2O2/c1-3-5-7-9-11-13-21-35-25-27-39(43-31-19-17-29-41)37(33-35)23-15-16-24-38-34-36(22-14-12-10-8-6-4-2)26-28-40(38)44-32-20-18-30-42/h25-28,33-34H,3-24,29-32H2,1-2H3. The molecule has 0 bridgehead atoms. The van der Waals surface area contributed by atoms with Gasteiger partial charge in [-0.25, -0.2) is 0 Å². The summed E-state index contributed by atoms with van der Waals surface area (Å²) in [5.41, 5.74) is 5.66. The second kappa shape index (κ2) is 26.4. The fourth-order valence-electron chi connectivity index (χ4n) is 5.96. The summed E-state index contributed by atoms with van der Waals surface area (Å²) in [7, 11) is 11.4. The van der Waals surface area contributed by atoms with Crippen LogP contribution in [0.15, 0.2) is 36.4 Å². The van der Waals surface area contributed by atoms with Crippen LogP contribution in [-0.4, -0.2) is 28.9 Å². The fraction of sp³-hybridized carbons (Fsp3) is 0.700. The van der Waals surface area contributed by atoms with E-state index >= 15 is 0 Å². The predicted octanol–water partition coefficient (Wildman–Crippen LogP) is 11.5. The number of hydrogen-bond acceptors (Lipinski definition) is 2. The largest absolute Gasteiger partial charge is 0.493 e. The van der Waals surface area contributed by atoms with E-state index in [2.05, 4.69) is 50.2 Å². The molecule has 0 fully saturated rings. The van der Waals surface area contributed by atoms with Crippen molar-refractivity contribution in [3.8, 4) is 11.5 Å². The molecule has 4 radical (unpaired) electrons. The fourth-order valence-corrected chi connectivity index (χ4v) is 5.96. The summed E-state index contributed by atoms with van der Waals surface area (Å²) in [6, 6.07) is 13.9. The Hall–Kier alpha value is -1.83. The Balaban J connectivity index is 1.98. The van der Waals surface area contributed by atoms with E-state index in [1.54, 1.807) is 0 Å². The molecule has 0 saturated carbocycles. The third-order valence-corrected chi connectivity index (χ3v) is 8.74. The second-order valence-corrected chi connectivity index (χ2v) is 12.8. The van der Waals surface area contributed by atoms with Gasteiger partial charge in [-0.05, 0) is 98.6 Å². The SMILES string of the molecule is [B]CCCCOc1ccc(CCCCCCCC)cc1CCCCc1cc(CCCCCCCC)ccc1OCCCC[B]. The number of benzene rings is 2. The highest BCUT2D eigenvalue weighted by atomic mass is 16.5. The van der Waals surface area contributed by atoms with Gasteiger partial charge in [0.15, 0.2) is 0 Å². The molecular weight excluding hydrogens is 534 g/mol. The second-order valence-electron chi connectivity index (χ2n) is 12.8. The maximum Gasteiger partial charge on any atom is 0.122 e. The molecule has 0 spiro atoms. The minimum atomic E-state index is 0.728. The number of rotatable bonds is 29. The first-order valence-electron chi connectivity index (χ1n) is 18.6. The number of unbranched alkanes of at least 4 members (excludes halogenated alkanes) is 13. The van der Waals surface area contributed by atoms with Crippen LogP contribution in [0.4, 0.5) is 0 Å². The lowest BCUT2D eigenvalue weighted by Crippen LogP contribution is -2.03. The molecule has 0 aliphatic carbocycles. The van der Waals surface area contributed by atoms with Gasteiger partial charge in [-0.2, -0.15) is 0 Å². The van der Waals surface area contributed by atoms with Crippen LogP contribution in [0.5, 0.6) is 11.5 Å². The molecule has 0 heterocycles. The lowest BCUT2D eigenvalue weighted by Gasteiger charge is -2.15. The van der Waals surface area contributed by atoms with Crippen LogP contribution in [0.1, 0.15) is 152 Å². The van der Waals surface area contributed by atoms with E-state index < -0.39 is 0 Å². The monoisotopic (exact) mass is 599 g/mol. The van der Waals surface area contributed by atoms with Crippen molar-refractivity contribution in [3.63, 3.8) is 0 Å². The molecule has 0 unspecified atom stereocenters. The van der Waals surface area contributed by atoms with Crippen molar-refractivity contribution >= 4 is 15.7 Å². The van der Waals surface area contributed by atoms with E-state index in [1.165, 1.54) is 112 Å². The van der Waals surface area contributed by atoms with Gasteiger partial charge >= 0.3 is 0 Å². The van der Waals surface area contributed by atoms with Crippen molar-refractivity contribution in [1.82, 2.24) is 0 Å². The highest BCUT2D eigenvalue weighted by Gasteiger charge is 2.10.